The monoisotopic (exact) mass is 442 g/mol. The lowest BCUT2D eigenvalue weighted by molar-refractivity contribution is -0.148. The number of ether oxygens (including phenoxy) is 3. The van der Waals surface area contributed by atoms with Crippen molar-refractivity contribution in [3.05, 3.63) is 18.2 Å². The van der Waals surface area contributed by atoms with Crippen LogP contribution in [-0.4, -0.2) is 52.7 Å². The van der Waals surface area contributed by atoms with E-state index in [1.54, 1.807) is 6.07 Å². The quantitative estimate of drug-likeness (QED) is 0.374. The van der Waals surface area contributed by atoms with Crippen molar-refractivity contribution in [2.24, 2.45) is 0 Å². The van der Waals surface area contributed by atoms with E-state index >= 15 is 0 Å². The van der Waals surface area contributed by atoms with E-state index in [4.69, 9.17) is 14.2 Å². The predicted molar refractivity (Wildman–Crippen MR) is 110 cm³/mol. The second-order valence-electron chi connectivity index (χ2n) is 7.05. The highest BCUT2D eigenvalue weighted by atomic mass is 32.2. The Labute approximate surface area is 177 Å². The molecule has 0 saturated heterocycles. The summed E-state index contributed by atoms with van der Waals surface area (Å²) in [6.45, 7) is 4.63. The highest BCUT2D eigenvalue weighted by molar-refractivity contribution is 7.89. The van der Waals surface area contributed by atoms with Crippen molar-refractivity contribution in [3.8, 4) is 11.5 Å². The lowest BCUT2D eigenvalue weighted by Gasteiger charge is -2.18. The molecule has 0 aliphatic carbocycles. The largest absolute Gasteiger partial charge is 0.486 e. The van der Waals surface area contributed by atoms with Crippen LogP contribution in [0.25, 0.3) is 0 Å². The number of sulfonamides is 1. The van der Waals surface area contributed by atoms with Gasteiger partial charge in [-0.25, -0.2) is 13.1 Å². The van der Waals surface area contributed by atoms with E-state index in [2.05, 4.69) is 10.0 Å². The molecule has 0 fully saturated rings. The summed E-state index contributed by atoms with van der Waals surface area (Å²) < 4.78 is 43.0. The van der Waals surface area contributed by atoms with Gasteiger partial charge in [-0.15, -0.1) is 0 Å². The fourth-order valence-corrected chi connectivity index (χ4v) is 3.78. The number of rotatable bonds is 12. The van der Waals surface area contributed by atoms with Gasteiger partial charge in [-0.1, -0.05) is 13.3 Å². The van der Waals surface area contributed by atoms with Gasteiger partial charge in [-0.3, -0.25) is 9.59 Å². The molecule has 0 spiro atoms. The average Bonchev–Trinajstić information content (AvgIpc) is 2.74. The third kappa shape index (κ3) is 7.83. The first-order valence-corrected chi connectivity index (χ1v) is 11.6. The molecule has 1 heterocycles. The van der Waals surface area contributed by atoms with E-state index in [0.29, 0.717) is 44.0 Å². The van der Waals surface area contributed by atoms with E-state index in [9.17, 15) is 18.0 Å². The Bertz CT molecular complexity index is 826. The van der Waals surface area contributed by atoms with Gasteiger partial charge in [0.25, 0.3) is 5.91 Å². The highest BCUT2D eigenvalue weighted by Gasteiger charge is 2.19. The molecule has 0 radical (unpaired) electrons. The lowest BCUT2D eigenvalue weighted by atomic mass is 10.2. The molecule has 1 aromatic rings. The highest BCUT2D eigenvalue weighted by Crippen LogP contribution is 2.32. The Balaban J connectivity index is 1.62. The van der Waals surface area contributed by atoms with Gasteiger partial charge in [-0.2, -0.15) is 0 Å². The topological polar surface area (TPSA) is 120 Å². The normalized spacial score (nSPS) is 14.1. The van der Waals surface area contributed by atoms with E-state index in [1.165, 1.54) is 12.1 Å². The molecule has 30 heavy (non-hydrogen) atoms. The van der Waals surface area contributed by atoms with Crippen molar-refractivity contribution in [1.29, 1.82) is 0 Å². The maximum Gasteiger partial charge on any atom is 0.306 e. The van der Waals surface area contributed by atoms with Crippen molar-refractivity contribution in [2.45, 2.75) is 56.9 Å². The number of benzene rings is 1. The summed E-state index contributed by atoms with van der Waals surface area (Å²) in [5.74, 6) is 0.197. The first kappa shape index (κ1) is 23.9. The molecule has 0 bridgehead atoms. The van der Waals surface area contributed by atoms with Crippen molar-refractivity contribution in [3.63, 3.8) is 0 Å². The number of fused-ring (bicyclic) bond motifs is 1. The molecule has 9 nitrogen and oxygen atoms in total. The number of amides is 1. The third-order valence-corrected chi connectivity index (χ3v) is 6.02. The zero-order chi connectivity index (χ0) is 22.0. The molecule has 1 aliphatic heterocycles. The number of hydrogen-bond donors (Lipinski definition) is 2. The second-order valence-corrected chi connectivity index (χ2v) is 8.82. The summed E-state index contributed by atoms with van der Waals surface area (Å²) in [5.41, 5.74) is 0. The van der Waals surface area contributed by atoms with Gasteiger partial charge in [0.15, 0.2) is 18.1 Å². The van der Waals surface area contributed by atoms with E-state index < -0.39 is 16.0 Å². The molecule has 1 atom stereocenters. The fourth-order valence-electron chi connectivity index (χ4n) is 2.69. The summed E-state index contributed by atoms with van der Waals surface area (Å²) in [7, 11) is -3.65. The van der Waals surface area contributed by atoms with Crippen LogP contribution in [0.3, 0.4) is 0 Å². The zero-order valence-electron chi connectivity index (χ0n) is 17.4. The minimum absolute atomic E-state index is 0.0437. The summed E-state index contributed by atoms with van der Waals surface area (Å²) in [6.07, 6.45) is 2.77. The molecule has 1 aliphatic rings. The first-order valence-electron chi connectivity index (χ1n) is 10.2. The summed E-state index contributed by atoms with van der Waals surface area (Å²) in [6, 6.07) is 4.55. The Kier molecular flexibility index (Phi) is 9.38. The fraction of sp³-hybridized carbons (Fsp3) is 0.600. The summed E-state index contributed by atoms with van der Waals surface area (Å²) >= 11 is 0. The number of carbonyl (C=O) groups is 2. The van der Waals surface area contributed by atoms with Crippen LogP contribution in [0.15, 0.2) is 23.1 Å². The number of unbranched alkanes of at least 4 members (excludes halogenated alkanes) is 2. The Morgan fingerprint density at radius 3 is 2.60 bits per heavy atom. The zero-order valence-corrected chi connectivity index (χ0v) is 18.3. The third-order valence-electron chi connectivity index (χ3n) is 4.56. The van der Waals surface area contributed by atoms with Crippen LogP contribution >= 0.6 is 0 Å². The van der Waals surface area contributed by atoms with Gasteiger partial charge in [0.1, 0.15) is 13.2 Å². The molecule has 0 aromatic heterocycles. The van der Waals surface area contributed by atoms with Crippen LogP contribution in [0.1, 0.15) is 46.0 Å². The molecule has 10 heteroatoms. The molecule has 2 rings (SSSR count). The van der Waals surface area contributed by atoms with Gasteiger partial charge in [0.2, 0.25) is 10.0 Å². The van der Waals surface area contributed by atoms with Crippen LogP contribution in [0.4, 0.5) is 0 Å². The molecule has 168 valence electrons. The minimum atomic E-state index is -3.65. The maximum atomic E-state index is 12.4. The molecular formula is C20H30N2O7S. The smallest absolute Gasteiger partial charge is 0.306 e. The van der Waals surface area contributed by atoms with Crippen LogP contribution in [-0.2, 0) is 24.3 Å². The standard InChI is InChI=1S/C20H30N2O7S/c1-3-15(2)22-19(23)14-29-20(24)7-5-4-6-10-21-30(25,26)16-8-9-17-18(13-16)28-12-11-27-17/h8-9,13,15,21H,3-7,10-12,14H2,1-2H3,(H,22,23). The molecular weight excluding hydrogens is 412 g/mol. The first-order chi connectivity index (χ1) is 14.3. The molecule has 2 N–H and O–H groups in total. The SMILES string of the molecule is CCC(C)NC(=O)COC(=O)CCCCCNS(=O)(=O)c1ccc2c(c1)OCCO2. The lowest BCUT2D eigenvalue weighted by Crippen LogP contribution is -2.35. The van der Waals surface area contributed by atoms with Gasteiger partial charge in [0, 0.05) is 25.1 Å². The van der Waals surface area contributed by atoms with Crippen molar-refractivity contribution in [1.82, 2.24) is 10.0 Å². The number of hydrogen-bond acceptors (Lipinski definition) is 7. The second kappa shape index (κ2) is 11.8. The maximum absolute atomic E-state index is 12.4. The predicted octanol–water partition coefficient (Wildman–Crippen LogP) is 1.75. The van der Waals surface area contributed by atoms with Crippen LogP contribution in [0, 0.1) is 0 Å². The number of esters is 1. The van der Waals surface area contributed by atoms with E-state index in [-0.39, 0.29) is 36.4 Å². The van der Waals surface area contributed by atoms with E-state index in [0.717, 1.165) is 6.42 Å². The summed E-state index contributed by atoms with van der Waals surface area (Å²) in [5, 5.41) is 2.72. The van der Waals surface area contributed by atoms with Crippen molar-refractivity contribution >= 4 is 21.9 Å². The Hall–Kier alpha value is -2.33. The molecule has 0 saturated carbocycles. The summed E-state index contributed by atoms with van der Waals surface area (Å²) in [4.78, 5) is 23.3. The van der Waals surface area contributed by atoms with Gasteiger partial charge >= 0.3 is 5.97 Å². The minimum Gasteiger partial charge on any atom is -0.486 e. The van der Waals surface area contributed by atoms with Crippen molar-refractivity contribution < 1.29 is 32.2 Å². The Morgan fingerprint density at radius 2 is 1.87 bits per heavy atom. The van der Waals surface area contributed by atoms with Crippen molar-refractivity contribution in [2.75, 3.05) is 26.4 Å². The number of nitrogens with one attached hydrogen (secondary N) is 2. The van der Waals surface area contributed by atoms with Crippen LogP contribution < -0.4 is 19.5 Å². The number of carbonyl (C=O) groups excluding carboxylic acids is 2. The van der Waals surface area contributed by atoms with E-state index in [1.807, 2.05) is 13.8 Å². The molecule has 1 aromatic carbocycles. The molecule has 1 unspecified atom stereocenters. The Morgan fingerprint density at radius 1 is 1.13 bits per heavy atom. The van der Waals surface area contributed by atoms with Crippen LogP contribution in [0.2, 0.25) is 0 Å². The van der Waals surface area contributed by atoms with Crippen LogP contribution in [0.5, 0.6) is 11.5 Å². The van der Waals surface area contributed by atoms with Gasteiger partial charge < -0.3 is 19.5 Å². The average molecular weight is 443 g/mol. The molecule has 1 amide bonds. The van der Waals surface area contributed by atoms with Gasteiger partial charge in [-0.05, 0) is 38.3 Å². The van der Waals surface area contributed by atoms with Gasteiger partial charge in [0.05, 0.1) is 4.90 Å².